The van der Waals surface area contributed by atoms with Crippen molar-refractivity contribution in [1.29, 1.82) is 0 Å². The first-order valence-corrected chi connectivity index (χ1v) is 7.61. The van der Waals surface area contributed by atoms with Crippen molar-refractivity contribution < 1.29 is 14.8 Å². The van der Waals surface area contributed by atoms with Crippen LogP contribution in [0.1, 0.15) is 13.3 Å². The van der Waals surface area contributed by atoms with Crippen molar-refractivity contribution in [3.63, 3.8) is 0 Å². The van der Waals surface area contributed by atoms with Gasteiger partial charge in [-0.1, -0.05) is 19.1 Å². The molecule has 0 amide bonds. The topological polar surface area (TPSA) is 56.2 Å². The van der Waals surface area contributed by atoms with Gasteiger partial charge in [0.15, 0.2) is 0 Å². The highest BCUT2D eigenvalue weighted by Crippen LogP contribution is 2.11. The number of piperazine rings is 1. The number of nitrogens with zero attached hydrogens (tertiary/aromatic N) is 2. The van der Waals surface area contributed by atoms with Crippen LogP contribution in [-0.2, 0) is 0 Å². The van der Waals surface area contributed by atoms with Crippen LogP contribution in [0.5, 0.6) is 5.75 Å². The Morgan fingerprint density at radius 1 is 1.33 bits per heavy atom. The van der Waals surface area contributed by atoms with Crippen LogP contribution in [0.25, 0.3) is 0 Å². The summed E-state index contributed by atoms with van der Waals surface area (Å²) in [4.78, 5) is 4.85. The quantitative estimate of drug-likeness (QED) is 0.710. The molecule has 1 aliphatic heterocycles. The average Bonchev–Trinajstić information content (AvgIpc) is 2.49. The third-order valence-electron chi connectivity index (χ3n) is 4.16. The van der Waals surface area contributed by atoms with E-state index in [-0.39, 0.29) is 0 Å². The summed E-state index contributed by atoms with van der Waals surface area (Å²) >= 11 is 0. The molecule has 0 aliphatic carbocycles. The molecule has 2 N–H and O–H groups in total. The van der Waals surface area contributed by atoms with Crippen molar-refractivity contribution in [2.24, 2.45) is 0 Å². The van der Waals surface area contributed by atoms with Crippen molar-refractivity contribution in [3.8, 4) is 5.75 Å². The van der Waals surface area contributed by atoms with Crippen LogP contribution in [0.4, 0.5) is 0 Å². The van der Waals surface area contributed by atoms with E-state index in [2.05, 4.69) is 23.8 Å². The molecule has 1 unspecified atom stereocenters. The van der Waals surface area contributed by atoms with Crippen LogP contribution in [-0.4, -0.2) is 72.8 Å². The minimum absolute atomic E-state index is 0.457. The minimum Gasteiger partial charge on any atom is -0.492 e. The highest BCUT2D eigenvalue weighted by Gasteiger charge is 2.22. The zero-order valence-electron chi connectivity index (χ0n) is 12.9. The second-order valence-corrected chi connectivity index (χ2v) is 5.64. The Morgan fingerprint density at radius 3 is 2.86 bits per heavy atom. The van der Waals surface area contributed by atoms with Crippen molar-refractivity contribution in [1.82, 2.24) is 9.80 Å². The van der Waals surface area contributed by atoms with Gasteiger partial charge < -0.3 is 19.7 Å². The Balaban J connectivity index is 1.78. The van der Waals surface area contributed by atoms with E-state index in [4.69, 9.17) is 14.8 Å². The fourth-order valence-electron chi connectivity index (χ4n) is 2.71. The van der Waals surface area contributed by atoms with E-state index in [1.165, 1.54) is 6.42 Å². The first kappa shape index (κ1) is 16.3. The van der Waals surface area contributed by atoms with E-state index in [0.717, 1.165) is 26.2 Å². The summed E-state index contributed by atoms with van der Waals surface area (Å²) in [6.45, 7) is 7.01. The summed E-state index contributed by atoms with van der Waals surface area (Å²) in [7, 11) is 0.741. The summed E-state index contributed by atoms with van der Waals surface area (Å²) in [5.74, 6) is 0.682. The summed E-state index contributed by atoms with van der Waals surface area (Å²) < 4.78 is 5.72. The van der Waals surface area contributed by atoms with Crippen LogP contribution in [0.15, 0.2) is 24.3 Å². The van der Waals surface area contributed by atoms with Crippen molar-refractivity contribution >= 4 is 12.6 Å². The van der Waals surface area contributed by atoms with Gasteiger partial charge in [-0.3, -0.25) is 4.90 Å². The molecule has 0 bridgehead atoms. The first-order valence-electron chi connectivity index (χ1n) is 7.61. The Labute approximate surface area is 127 Å². The van der Waals surface area contributed by atoms with Crippen molar-refractivity contribution in [3.05, 3.63) is 24.3 Å². The molecule has 1 fully saturated rings. The normalized spacial score (nSPS) is 20.5. The summed E-state index contributed by atoms with van der Waals surface area (Å²) in [6.07, 6.45) is 1.17. The second-order valence-electron chi connectivity index (χ2n) is 5.64. The smallest absolute Gasteiger partial charge is 0.488 e. The summed E-state index contributed by atoms with van der Waals surface area (Å²) in [5, 5.41) is 18.3. The van der Waals surface area contributed by atoms with Crippen LogP contribution in [0, 0.1) is 0 Å². The number of hydrogen-bond donors (Lipinski definition) is 2. The molecule has 1 aromatic carbocycles. The van der Waals surface area contributed by atoms with Crippen LogP contribution < -0.4 is 10.2 Å². The number of rotatable bonds is 6. The van der Waals surface area contributed by atoms with Gasteiger partial charge in [-0.25, -0.2) is 0 Å². The Morgan fingerprint density at radius 2 is 2.14 bits per heavy atom. The lowest BCUT2D eigenvalue weighted by atomic mass is 9.80. The van der Waals surface area contributed by atoms with E-state index in [9.17, 15) is 0 Å². The van der Waals surface area contributed by atoms with Gasteiger partial charge in [-0.2, -0.15) is 0 Å². The van der Waals surface area contributed by atoms with Gasteiger partial charge >= 0.3 is 7.12 Å². The molecule has 1 aromatic rings. The van der Waals surface area contributed by atoms with E-state index in [1.807, 2.05) is 6.07 Å². The predicted molar refractivity (Wildman–Crippen MR) is 84.9 cm³/mol. The SMILES string of the molecule is CCC1CN(CCOc2cccc(B(O)O)c2)CCN1C. The van der Waals surface area contributed by atoms with Crippen molar-refractivity contribution in [2.75, 3.05) is 39.8 Å². The van der Waals surface area contributed by atoms with Gasteiger partial charge in [0.25, 0.3) is 0 Å². The Hall–Kier alpha value is -1.08. The highest BCUT2D eigenvalue weighted by atomic mass is 16.5. The van der Waals surface area contributed by atoms with Crippen LogP contribution in [0.2, 0.25) is 0 Å². The van der Waals surface area contributed by atoms with E-state index < -0.39 is 7.12 Å². The minimum atomic E-state index is -1.45. The van der Waals surface area contributed by atoms with Gasteiger partial charge in [0, 0.05) is 32.2 Å². The molecule has 0 radical (unpaired) electrons. The standard InChI is InChI=1S/C15H25BN2O3/c1-3-14-12-18(8-7-17(14)2)9-10-21-15-6-4-5-13(11-15)16(19)20/h4-6,11,14,19-20H,3,7-10,12H2,1-2H3. The number of hydrogen-bond acceptors (Lipinski definition) is 5. The maximum atomic E-state index is 9.15. The fraction of sp³-hybridized carbons (Fsp3) is 0.600. The molecular weight excluding hydrogens is 267 g/mol. The average molecular weight is 292 g/mol. The molecule has 0 saturated carbocycles. The third kappa shape index (κ3) is 4.71. The summed E-state index contributed by atoms with van der Waals surface area (Å²) in [6, 6.07) is 7.58. The fourth-order valence-corrected chi connectivity index (χ4v) is 2.71. The molecule has 0 spiro atoms. The van der Waals surface area contributed by atoms with Gasteiger partial charge in [0.05, 0.1) is 0 Å². The molecular formula is C15H25BN2O3. The molecule has 1 atom stereocenters. The van der Waals surface area contributed by atoms with E-state index in [0.29, 0.717) is 23.9 Å². The molecule has 5 nitrogen and oxygen atoms in total. The lowest BCUT2D eigenvalue weighted by molar-refractivity contribution is 0.0824. The molecule has 116 valence electrons. The van der Waals surface area contributed by atoms with Gasteiger partial charge in [-0.05, 0) is 31.1 Å². The summed E-state index contributed by atoms with van der Waals surface area (Å²) in [5.41, 5.74) is 0.457. The largest absolute Gasteiger partial charge is 0.492 e. The monoisotopic (exact) mass is 292 g/mol. The lowest BCUT2D eigenvalue weighted by Crippen LogP contribution is -2.51. The zero-order chi connectivity index (χ0) is 15.2. The molecule has 21 heavy (non-hydrogen) atoms. The Bertz CT molecular complexity index is 445. The van der Waals surface area contributed by atoms with Gasteiger partial charge in [0.1, 0.15) is 12.4 Å². The number of benzene rings is 1. The number of likely N-dealkylation sites (N-methyl/N-ethyl adjacent to an activating group) is 1. The van der Waals surface area contributed by atoms with Crippen LogP contribution >= 0.6 is 0 Å². The van der Waals surface area contributed by atoms with Gasteiger partial charge in [0.2, 0.25) is 0 Å². The Kier molecular flexibility index (Phi) is 6.05. The molecule has 2 rings (SSSR count). The molecule has 1 heterocycles. The maximum absolute atomic E-state index is 9.15. The van der Waals surface area contributed by atoms with E-state index in [1.54, 1.807) is 18.2 Å². The molecule has 1 aliphatic rings. The predicted octanol–water partition coefficient (Wildman–Crippen LogP) is -0.229. The molecule has 6 heteroatoms. The highest BCUT2D eigenvalue weighted by molar-refractivity contribution is 6.58. The van der Waals surface area contributed by atoms with Gasteiger partial charge in [-0.15, -0.1) is 0 Å². The molecule has 1 saturated heterocycles. The van der Waals surface area contributed by atoms with Crippen molar-refractivity contribution in [2.45, 2.75) is 19.4 Å². The molecule has 0 aromatic heterocycles. The first-order chi connectivity index (χ1) is 10.1. The third-order valence-corrected chi connectivity index (χ3v) is 4.16. The van der Waals surface area contributed by atoms with E-state index >= 15 is 0 Å². The number of ether oxygens (including phenoxy) is 1. The second kappa shape index (κ2) is 7.80. The lowest BCUT2D eigenvalue weighted by Gasteiger charge is -2.39. The maximum Gasteiger partial charge on any atom is 0.488 e. The van der Waals surface area contributed by atoms with Crippen LogP contribution in [0.3, 0.4) is 0 Å². The zero-order valence-corrected chi connectivity index (χ0v) is 12.9.